The summed E-state index contributed by atoms with van der Waals surface area (Å²) in [7, 11) is 5.40. The highest BCUT2D eigenvalue weighted by Crippen LogP contribution is 2.23. The van der Waals surface area contributed by atoms with Crippen molar-refractivity contribution in [2.45, 2.75) is 6.61 Å². The zero-order valence-electron chi connectivity index (χ0n) is 14.8. The van der Waals surface area contributed by atoms with Crippen molar-refractivity contribution in [3.05, 3.63) is 64.2 Å². The Morgan fingerprint density at radius 2 is 1.92 bits per heavy atom. The molecule has 0 unspecified atom stereocenters. The van der Waals surface area contributed by atoms with Crippen molar-refractivity contribution in [2.75, 3.05) is 26.1 Å². The maximum atomic E-state index is 12.2. The van der Waals surface area contributed by atoms with Crippen molar-refractivity contribution in [2.24, 2.45) is 0 Å². The van der Waals surface area contributed by atoms with E-state index < -0.39 is 5.97 Å². The summed E-state index contributed by atoms with van der Waals surface area (Å²) in [4.78, 5) is 14.2. The molecule has 0 aliphatic rings. The van der Waals surface area contributed by atoms with Crippen LogP contribution < -0.4 is 9.64 Å². The third-order valence-corrected chi connectivity index (χ3v) is 3.90. The zero-order chi connectivity index (χ0) is 19.1. The highest BCUT2D eigenvalue weighted by atomic mass is 35.5. The Kier molecular flexibility index (Phi) is 6.65. The topological polar surface area (TPSA) is 62.6 Å². The number of halogens is 1. The maximum absolute atomic E-state index is 12.2. The van der Waals surface area contributed by atoms with E-state index in [-0.39, 0.29) is 12.2 Å². The lowest BCUT2D eigenvalue weighted by atomic mass is 10.1. The fourth-order valence-electron chi connectivity index (χ4n) is 2.25. The molecule has 0 aromatic heterocycles. The lowest BCUT2D eigenvalue weighted by molar-refractivity contribution is -0.139. The summed E-state index contributed by atoms with van der Waals surface area (Å²) in [6.45, 7) is -0.0405. The second-order valence-corrected chi connectivity index (χ2v) is 6.12. The Balaban J connectivity index is 2.11. The summed E-state index contributed by atoms with van der Waals surface area (Å²) >= 11 is 5.96. The molecule has 0 aliphatic heterocycles. The zero-order valence-corrected chi connectivity index (χ0v) is 15.6. The molecule has 0 saturated heterocycles. The molecule has 2 aromatic carbocycles. The average Bonchev–Trinajstić information content (AvgIpc) is 2.64. The minimum Gasteiger partial charge on any atom is -0.496 e. The summed E-state index contributed by atoms with van der Waals surface area (Å²) in [5.41, 5.74) is 2.31. The number of benzene rings is 2. The monoisotopic (exact) mass is 370 g/mol. The highest BCUT2D eigenvalue weighted by Gasteiger charge is 2.13. The van der Waals surface area contributed by atoms with Gasteiger partial charge in [-0.2, -0.15) is 5.26 Å². The van der Waals surface area contributed by atoms with E-state index in [1.807, 2.05) is 49.3 Å². The van der Waals surface area contributed by atoms with Crippen LogP contribution in [0.3, 0.4) is 0 Å². The van der Waals surface area contributed by atoms with Crippen LogP contribution in [0.4, 0.5) is 5.69 Å². The summed E-state index contributed by atoms with van der Waals surface area (Å²) in [5.74, 6) is -0.143. The van der Waals surface area contributed by atoms with E-state index in [4.69, 9.17) is 21.1 Å². The molecule has 0 radical (unpaired) electrons. The molecule has 134 valence electrons. The molecule has 0 heterocycles. The molecule has 0 atom stereocenters. The Morgan fingerprint density at radius 1 is 1.23 bits per heavy atom. The molecule has 6 heteroatoms. The Hall–Kier alpha value is -2.97. The van der Waals surface area contributed by atoms with Crippen LogP contribution in [0.5, 0.6) is 5.75 Å². The van der Waals surface area contributed by atoms with Gasteiger partial charge in [-0.1, -0.05) is 23.7 Å². The van der Waals surface area contributed by atoms with E-state index in [1.165, 1.54) is 13.2 Å². The van der Waals surface area contributed by atoms with Crippen molar-refractivity contribution in [1.29, 1.82) is 5.26 Å². The molecule has 5 nitrogen and oxygen atoms in total. The largest absolute Gasteiger partial charge is 0.496 e. The third kappa shape index (κ3) is 5.01. The number of nitrogens with zero attached hydrogens (tertiary/aromatic N) is 2. The quantitative estimate of drug-likeness (QED) is 0.436. The first-order valence-electron chi connectivity index (χ1n) is 7.83. The lowest BCUT2D eigenvalue weighted by Crippen LogP contribution is -2.08. The molecule has 0 saturated carbocycles. The summed E-state index contributed by atoms with van der Waals surface area (Å²) in [5, 5.41) is 9.78. The number of anilines is 1. The van der Waals surface area contributed by atoms with Gasteiger partial charge in [-0.15, -0.1) is 0 Å². The standard InChI is InChI=1S/C20H19ClN2O3/c1-23(2)18-7-4-14(5-8-18)10-15(12-22)20(24)26-13-16-11-17(21)6-9-19(16)25-3/h4-11H,13H2,1-3H3/b15-10+. The minimum absolute atomic E-state index is 0.0405. The van der Waals surface area contributed by atoms with Crippen LogP contribution in [0.25, 0.3) is 6.08 Å². The van der Waals surface area contributed by atoms with Crippen LogP contribution in [-0.2, 0) is 16.1 Å². The van der Waals surface area contributed by atoms with Gasteiger partial charge in [0.2, 0.25) is 0 Å². The van der Waals surface area contributed by atoms with Crippen molar-refractivity contribution >= 4 is 29.3 Å². The molecular weight excluding hydrogens is 352 g/mol. The average molecular weight is 371 g/mol. The molecule has 0 fully saturated rings. The van der Waals surface area contributed by atoms with Gasteiger partial charge < -0.3 is 14.4 Å². The predicted molar refractivity (Wildman–Crippen MR) is 102 cm³/mol. The second kappa shape index (κ2) is 8.93. The number of methoxy groups -OCH3 is 1. The fourth-order valence-corrected chi connectivity index (χ4v) is 2.45. The first-order chi connectivity index (χ1) is 12.4. The van der Waals surface area contributed by atoms with Gasteiger partial charge in [0.05, 0.1) is 7.11 Å². The number of esters is 1. The molecule has 0 aliphatic carbocycles. The van der Waals surface area contributed by atoms with Crippen molar-refractivity contribution < 1.29 is 14.3 Å². The number of hydrogen-bond acceptors (Lipinski definition) is 5. The number of carbonyl (C=O) groups excluding carboxylic acids is 1. The molecular formula is C20H19ClN2O3. The van der Waals surface area contributed by atoms with Gasteiger partial charge in [0.25, 0.3) is 0 Å². The SMILES string of the molecule is COc1ccc(Cl)cc1COC(=O)/C(C#N)=C/c1ccc(N(C)C)cc1. The number of ether oxygens (including phenoxy) is 2. The van der Waals surface area contributed by atoms with Gasteiger partial charge in [-0.3, -0.25) is 0 Å². The van der Waals surface area contributed by atoms with E-state index in [0.29, 0.717) is 16.3 Å². The normalized spacial score (nSPS) is 10.8. The molecule has 2 aromatic rings. The minimum atomic E-state index is -0.703. The maximum Gasteiger partial charge on any atom is 0.349 e. The number of hydrogen-bond donors (Lipinski definition) is 0. The molecule has 26 heavy (non-hydrogen) atoms. The van der Waals surface area contributed by atoms with Gasteiger partial charge in [-0.05, 0) is 42.0 Å². The summed E-state index contributed by atoms with van der Waals surface area (Å²) in [6.07, 6.45) is 1.50. The third-order valence-electron chi connectivity index (χ3n) is 3.66. The number of rotatable bonds is 6. The van der Waals surface area contributed by atoms with Crippen LogP contribution in [0.15, 0.2) is 48.0 Å². The van der Waals surface area contributed by atoms with E-state index in [9.17, 15) is 10.1 Å². The molecule has 2 rings (SSSR count). The van der Waals surface area contributed by atoms with Crippen LogP contribution in [0.1, 0.15) is 11.1 Å². The van der Waals surface area contributed by atoms with Crippen molar-refractivity contribution in [1.82, 2.24) is 0 Å². The second-order valence-electron chi connectivity index (χ2n) is 5.69. The van der Waals surface area contributed by atoms with E-state index in [0.717, 1.165) is 11.3 Å². The van der Waals surface area contributed by atoms with Gasteiger partial charge in [0.15, 0.2) is 0 Å². The molecule has 0 bridgehead atoms. The fraction of sp³-hybridized carbons (Fsp3) is 0.200. The lowest BCUT2D eigenvalue weighted by Gasteiger charge is -2.12. The van der Waals surface area contributed by atoms with Crippen molar-refractivity contribution in [3.8, 4) is 11.8 Å². The first kappa shape index (κ1) is 19.4. The van der Waals surface area contributed by atoms with Crippen LogP contribution >= 0.6 is 11.6 Å². The molecule has 0 N–H and O–H groups in total. The Bertz CT molecular complexity index is 852. The van der Waals surface area contributed by atoms with Crippen LogP contribution in [0.2, 0.25) is 5.02 Å². The number of carbonyl (C=O) groups is 1. The predicted octanol–water partition coefficient (Wildman–Crippen LogP) is 4.06. The smallest absolute Gasteiger partial charge is 0.349 e. The summed E-state index contributed by atoms with van der Waals surface area (Å²) < 4.78 is 10.4. The molecule has 0 amide bonds. The van der Waals surface area contributed by atoms with E-state index >= 15 is 0 Å². The molecule has 0 spiro atoms. The van der Waals surface area contributed by atoms with Gasteiger partial charge >= 0.3 is 5.97 Å². The van der Waals surface area contributed by atoms with E-state index in [2.05, 4.69) is 0 Å². The highest BCUT2D eigenvalue weighted by molar-refractivity contribution is 6.30. The first-order valence-corrected chi connectivity index (χ1v) is 8.21. The van der Waals surface area contributed by atoms with Gasteiger partial charge in [-0.25, -0.2) is 4.79 Å². The number of nitriles is 1. The van der Waals surface area contributed by atoms with Gasteiger partial charge in [0, 0.05) is 30.4 Å². The summed E-state index contributed by atoms with van der Waals surface area (Å²) in [6, 6.07) is 14.4. The Morgan fingerprint density at radius 3 is 2.50 bits per heavy atom. The Labute approximate surface area is 158 Å². The van der Waals surface area contributed by atoms with E-state index in [1.54, 1.807) is 18.2 Å². The van der Waals surface area contributed by atoms with Crippen LogP contribution in [-0.4, -0.2) is 27.2 Å². The van der Waals surface area contributed by atoms with Gasteiger partial charge in [0.1, 0.15) is 24.0 Å². The van der Waals surface area contributed by atoms with Crippen molar-refractivity contribution in [3.63, 3.8) is 0 Å². The van der Waals surface area contributed by atoms with Crippen LogP contribution in [0, 0.1) is 11.3 Å².